The normalized spacial score (nSPS) is 10.4. The van der Waals surface area contributed by atoms with Crippen molar-refractivity contribution in [3.8, 4) is 5.69 Å². The molecular formula is C13H9Br2FN2O4. The van der Waals surface area contributed by atoms with Gasteiger partial charge in [-0.2, -0.15) is 5.10 Å². The van der Waals surface area contributed by atoms with Crippen molar-refractivity contribution in [3.05, 3.63) is 44.3 Å². The molecule has 0 aliphatic heterocycles. The Morgan fingerprint density at radius 3 is 2.36 bits per heavy atom. The largest absolute Gasteiger partial charge is 0.465 e. The zero-order valence-corrected chi connectivity index (χ0v) is 14.6. The zero-order chi connectivity index (χ0) is 16.4. The monoisotopic (exact) mass is 434 g/mol. The van der Waals surface area contributed by atoms with Crippen molar-refractivity contribution in [1.82, 2.24) is 9.78 Å². The Labute approximate surface area is 141 Å². The number of carbonyl (C=O) groups is 2. The molecule has 2 aromatic rings. The molecule has 0 fully saturated rings. The summed E-state index contributed by atoms with van der Waals surface area (Å²) in [5, 5.41) is 3.93. The number of nitrogens with zero attached hydrogens (tertiary/aromatic N) is 2. The van der Waals surface area contributed by atoms with Crippen LogP contribution in [0.4, 0.5) is 4.39 Å². The topological polar surface area (TPSA) is 70.4 Å². The van der Waals surface area contributed by atoms with Crippen molar-refractivity contribution >= 4 is 43.8 Å². The summed E-state index contributed by atoms with van der Waals surface area (Å²) in [6.45, 7) is 0. The summed E-state index contributed by atoms with van der Waals surface area (Å²) in [5.74, 6) is -2.20. The maximum Gasteiger partial charge on any atom is 0.359 e. The lowest BCUT2D eigenvalue weighted by atomic mass is 10.2. The van der Waals surface area contributed by atoms with Crippen LogP contribution in [0.25, 0.3) is 5.69 Å². The summed E-state index contributed by atoms with van der Waals surface area (Å²) in [6.07, 6.45) is 1.20. The van der Waals surface area contributed by atoms with Gasteiger partial charge in [-0.25, -0.2) is 18.7 Å². The van der Waals surface area contributed by atoms with Gasteiger partial charge in [0, 0.05) is 15.1 Å². The van der Waals surface area contributed by atoms with Gasteiger partial charge in [0.15, 0.2) is 11.5 Å². The van der Waals surface area contributed by atoms with Gasteiger partial charge >= 0.3 is 11.9 Å². The third-order valence-corrected chi connectivity index (χ3v) is 3.77. The number of hydrogen-bond acceptors (Lipinski definition) is 5. The van der Waals surface area contributed by atoms with E-state index in [0.717, 1.165) is 18.9 Å². The molecule has 1 heterocycles. The summed E-state index contributed by atoms with van der Waals surface area (Å²) in [4.78, 5) is 23.4. The first-order valence-corrected chi connectivity index (χ1v) is 7.38. The second-order valence-electron chi connectivity index (χ2n) is 4.04. The standard InChI is InChI=1S/C13H9Br2FN2O4/c1-21-12(19)7-5-18(17-10(7)13(20)22-2)11-8(15)3-6(14)4-9(11)16/h3-5H,1-2H3. The van der Waals surface area contributed by atoms with E-state index in [0.29, 0.717) is 8.95 Å². The van der Waals surface area contributed by atoms with Crippen molar-refractivity contribution < 1.29 is 23.5 Å². The molecular weight excluding hydrogens is 427 g/mol. The zero-order valence-electron chi connectivity index (χ0n) is 11.4. The fourth-order valence-electron chi connectivity index (χ4n) is 1.75. The third-order valence-electron chi connectivity index (χ3n) is 2.71. The SMILES string of the molecule is COC(=O)c1cn(-c2c(F)cc(Br)cc2Br)nc1C(=O)OC. The number of methoxy groups -OCH3 is 2. The molecule has 0 radical (unpaired) electrons. The lowest BCUT2D eigenvalue weighted by molar-refractivity contribution is 0.0552. The van der Waals surface area contributed by atoms with Crippen molar-refractivity contribution in [3.63, 3.8) is 0 Å². The third kappa shape index (κ3) is 3.05. The second-order valence-corrected chi connectivity index (χ2v) is 5.81. The average molecular weight is 436 g/mol. The summed E-state index contributed by atoms with van der Waals surface area (Å²) in [6, 6.07) is 2.84. The Kier molecular flexibility index (Phi) is 4.97. The second kappa shape index (κ2) is 6.57. The Morgan fingerprint density at radius 1 is 1.18 bits per heavy atom. The molecule has 2 rings (SSSR count). The average Bonchev–Trinajstić information content (AvgIpc) is 2.89. The van der Waals surface area contributed by atoms with Gasteiger partial charge in [0.25, 0.3) is 0 Å². The molecule has 1 aromatic carbocycles. The van der Waals surface area contributed by atoms with E-state index in [-0.39, 0.29) is 16.9 Å². The number of hydrogen-bond donors (Lipinski definition) is 0. The summed E-state index contributed by atoms with van der Waals surface area (Å²) >= 11 is 6.37. The minimum atomic E-state index is -0.826. The fourth-order valence-corrected chi connectivity index (χ4v) is 3.10. The van der Waals surface area contributed by atoms with Gasteiger partial charge in [0.05, 0.1) is 14.2 Å². The van der Waals surface area contributed by atoms with E-state index in [4.69, 9.17) is 0 Å². The molecule has 0 aliphatic rings. The highest BCUT2D eigenvalue weighted by molar-refractivity contribution is 9.11. The number of benzene rings is 1. The van der Waals surface area contributed by atoms with E-state index in [1.807, 2.05) is 0 Å². The molecule has 116 valence electrons. The van der Waals surface area contributed by atoms with Crippen LogP contribution in [0.2, 0.25) is 0 Å². The van der Waals surface area contributed by atoms with Gasteiger partial charge in [-0.3, -0.25) is 0 Å². The number of aromatic nitrogens is 2. The minimum Gasteiger partial charge on any atom is -0.465 e. The summed E-state index contributed by atoms with van der Waals surface area (Å²) in [5.41, 5.74) is -0.337. The van der Waals surface area contributed by atoms with E-state index >= 15 is 0 Å². The molecule has 9 heteroatoms. The van der Waals surface area contributed by atoms with Crippen LogP contribution in [0.15, 0.2) is 27.3 Å². The molecule has 0 atom stereocenters. The van der Waals surface area contributed by atoms with Gasteiger partial charge in [-0.1, -0.05) is 15.9 Å². The maximum absolute atomic E-state index is 14.2. The van der Waals surface area contributed by atoms with Crippen LogP contribution >= 0.6 is 31.9 Å². The lowest BCUT2D eigenvalue weighted by Crippen LogP contribution is -2.10. The number of rotatable bonds is 3. The number of carbonyl (C=O) groups excluding carboxylic acids is 2. The molecule has 0 saturated heterocycles. The van der Waals surface area contributed by atoms with E-state index in [2.05, 4.69) is 46.4 Å². The predicted octanol–water partition coefficient (Wildman–Crippen LogP) is 3.11. The Morgan fingerprint density at radius 2 is 1.82 bits per heavy atom. The molecule has 0 saturated carbocycles. The minimum absolute atomic E-state index is 0.0449. The van der Waals surface area contributed by atoms with Crippen LogP contribution in [0.3, 0.4) is 0 Å². The van der Waals surface area contributed by atoms with Crippen molar-refractivity contribution in [1.29, 1.82) is 0 Å². The molecule has 0 aliphatic carbocycles. The number of halogens is 3. The summed E-state index contributed by atoms with van der Waals surface area (Å²) in [7, 11) is 2.31. The molecule has 0 spiro atoms. The first kappa shape index (κ1) is 16.6. The van der Waals surface area contributed by atoms with Crippen LogP contribution < -0.4 is 0 Å². The fraction of sp³-hybridized carbons (Fsp3) is 0.154. The Bertz CT molecular complexity index is 704. The van der Waals surface area contributed by atoms with Gasteiger partial charge in [0.1, 0.15) is 11.3 Å². The lowest BCUT2D eigenvalue weighted by Gasteiger charge is -2.06. The molecule has 0 unspecified atom stereocenters. The first-order chi connectivity index (χ1) is 10.4. The quantitative estimate of drug-likeness (QED) is 0.692. The van der Waals surface area contributed by atoms with Crippen LogP contribution in [-0.4, -0.2) is 35.9 Å². The molecule has 0 N–H and O–H groups in total. The van der Waals surface area contributed by atoms with Gasteiger partial charge in [0.2, 0.25) is 0 Å². The molecule has 0 amide bonds. The Balaban J connectivity index is 2.66. The van der Waals surface area contributed by atoms with Crippen LogP contribution in [0.1, 0.15) is 20.8 Å². The van der Waals surface area contributed by atoms with Crippen molar-refractivity contribution in [2.24, 2.45) is 0 Å². The van der Waals surface area contributed by atoms with Crippen molar-refractivity contribution in [2.45, 2.75) is 0 Å². The molecule has 0 bridgehead atoms. The van der Waals surface area contributed by atoms with Crippen LogP contribution in [-0.2, 0) is 9.47 Å². The first-order valence-electron chi connectivity index (χ1n) is 5.80. The summed E-state index contributed by atoms with van der Waals surface area (Å²) < 4.78 is 25.3. The number of ether oxygens (including phenoxy) is 2. The van der Waals surface area contributed by atoms with Crippen LogP contribution in [0, 0.1) is 5.82 Å². The van der Waals surface area contributed by atoms with E-state index in [1.54, 1.807) is 6.07 Å². The van der Waals surface area contributed by atoms with Crippen molar-refractivity contribution in [2.75, 3.05) is 14.2 Å². The van der Waals surface area contributed by atoms with Gasteiger partial charge in [-0.15, -0.1) is 0 Å². The predicted molar refractivity (Wildman–Crippen MR) is 81.6 cm³/mol. The Hall–Kier alpha value is -1.74. The highest BCUT2D eigenvalue weighted by Crippen LogP contribution is 2.28. The maximum atomic E-state index is 14.2. The molecule has 1 aromatic heterocycles. The van der Waals surface area contributed by atoms with E-state index in [1.165, 1.54) is 12.3 Å². The van der Waals surface area contributed by atoms with E-state index < -0.39 is 17.8 Å². The van der Waals surface area contributed by atoms with Gasteiger partial charge in [-0.05, 0) is 28.1 Å². The smallest absolute Gasteiger partial charge is 0.359 e. The van der Waals surface area contributed by atoms with Crippen LogP contribution in [0.5, 0.6) is 0 Å². The highest BCUT2D eigenvalue weighted by atomic mass is 79.9. The van der Waals surface area contributed by atoms with Gasteiger partial charge < -0.3 is 9.47 Å². The van der Waals surface area contributed by atoms with E-state index in [9.17, 15) is 14.0 Å². The highest BCUT2D eigenvalue weighted by Gasteiger charge is 2.25. The number of esters is 2. The molecule has 6 nitrogen and oxygen atoms in total. The molecule has 22 heavy (non-hydrogen) atoms.